The van der Waals surface area contributed by atoms with Gasteiger partial charge in [0.25, 0.3) is 0 Å². The summed E-state index contributed by atoms with van der Waals surface area (Å²) in [5.41, 5.74) is 3.56. The number of amides is 1. The lowest BCUT2D eigenvalue weighted by Gasteiger charge is -2.27. The zero-order valence-corrected chi connectivity index (χ0v) is 14.4. The van der Waals surface area contributed by atoms with E-state index in [9.17, 15) is 4.79 Å². The van der Waals surface area contributed by atoms with Crippen LogP contribution in [-0.2, 0) is 17.6 Å². The van der Waals surface area contributed by atoms with Crippen molar-refractivity contribution in [1.82, 2.24) is 5.32 Å². The molecule has 23 heavy (non-hydrogen) atoms. The quantitative estimate of drug-likeness (QED) is 0.931. The van der Waals surface area contributed by atoms with E-state index < -0.39 is 5.60 Å². The molecular weight excluding hydrogens is 292 g/mol. The van der Waals surface area contributed by atoms with Gasteiger partial charge in [0.05, 0.1) is 6.61 Å². The molecule has 2 aliphatic rings. The van der Waals surface area contributed by atoms with Crippen molar-refractivity contribution in [3.63, 3.8) is 0 Å². The molecule has 1 unspecified atom stereocenters. The van der Waals surface area contributed by atoms with Crippen LogP contribution in [0.5, 0.6) is 5.75 Å². The summed E-state index contributed by atoms with van der Waals surface area (Å²) < 4.78 is 11.0. The van der Waals surface area contributed by atoms with Gasteiger partial charge in [-0.25, -0.2) is 4.79 Å². The van der Waals surface area contributed by atoms with Gasteiger partial charge in [0, 0.05) is 36.8 Å². The molecule has 0 saturated carbocycles. The predicted octanol–water partition coefficient (Wildman–Crippen LogP) is 2.90. The third-order valence-electron chi connectivity index (χ3n) is 4.16. The van der Waals surface area contributed by atoms with E-state index in [0.717, 1.165) is 38.3 Å². The first-order valence-corrected chi connectivity index (χ1v) is 8.35. The SMILES string of the molecule is CC(CN1CCc2ccc3c(c21)CCO3)NC(=O)OC(C)(C)C. The van der Waals surface area contributed by atoms with Gasteiger partial charge < -0.3 is 19.7 Å². The van der Waals surface area contributed by atoms with Crippen molar-refractivity contribution >= 4 is 11.8 Å². The second-order valence-corrected chi connectivity index (χ2v) is 7.39. The minimum absolute atomic E-state index is 0.0222. The molecule has 0 spiro atoms. The molecule has 0 bridgehead atoms. The number of carbonyl (C=O) groups is 1. The van der Waals surface area contributed by atoms with E-state index in [1.807, 2.05) is 27.7 Å². The van der Waals surface area contributed by atoms with E-state index in [1.165, 1.54) is 16.8 Å². The molecule has 1 aromatic carbocycles. The number of fused-ring (bicyclic) bond motifs is 3. The lowest BCUT2D eigenvalue weighted by Crippen LogP contribution is -2.43. The Morgan fingerprint density at radius 2 is 2.17 bits per heavy atom. The highest BCUT2D eigenvalue weighted by Gasteiger charge is 2.28. The summed E-state index contributed by atoms with van der Waals surface area (Å²) in [7, 11) is 0. The molecule has 3 rings (SSSR count). The first-order valence-electron chi connectivity index (χ1n) is 8.35. The normalized spacial score (nSPS) is 17.3. The number of alkyl carbamates (subject to hydrolysis) is 1. The van der Waals surface area contributed by atoms with Crippen LogP contribution >= 0.6 is 0 Å². The van der Waals surface area contributed by atoms with Crippen LogP contribution in [0.25, 0.3) is 0 Å². The molecule has 5 nitrogen and oxygen atoms in total. The molecule has 1 aromatic rings. The Kier molecular flexibility index (Phi) is 4.13. The fourth-order valence-corrected chi connectivity index (χ4v) is 3.34. The predicted molar refractivity (Wildman–Crippen MR) is 90.4 cm³/mol. The maximum atomic E-state index is 11.9. The average Bonchev–Trinajstić information content (AvgIpc) is 3.01. The van der Waals surface area contributed by atoms with Crippen molar-refractivity contribution in [2.24, 2.45) is 0 Å². The molecule has 2 aliphatic heterocycles. The van der Waals surface area contributed by atoms with Crippen molar-refractivity contribution in [2.45, 2.75) is 52.2 Å². The third kappa shape index (κ3) is 3.54. The number of benzene rings is 1. The summed E-state index contributed by atoms with van der Waals surface area (Å²) in [6, 6.07) is 4.28. The number of ether oxygens (including phenoxy) is 2. The largest absolute Gasteiger partial charge is 0.493 e. The number of rotatable bonds is 3. The summed E-state index contributed by atoms with van der Waals surface area (Å²) in [6.45, 7) is 10.2. The fraction of sp³-hybridized carbons (Fsp3) is 0.611. The van der Waals surface area contributed by atoms with E-state index in [0.29, 0.717) is 0 Å². The average molecular weight is 318 g/mol. The molecule has 0 aliphatic carbocycles. The number of hydrogen-bond donors (Lipinski definition) is 1. The summed E-state index contributed by atoms with van der Waals surface area (Å²) in [5.74, 6) is 1.02. The lowest BCUT2D eigenvalue weighted by molar-refractivity contribution is 0.0510. The molecule has 1 amide bonds. The fourth-order valence-electron chi connectivity index (χ4n) is 3.34. The molecule has 126 valence electrons. The lowest BCUT2D eigenvalue weighted by atomic mass is 10.1. The maximum Gasteiger partial charge on any atom is 0.407 e. The molecule has 2 heterocycles. The minimum Gasteiger partial charge on any atom is -0.493 e. The van der Waals surface area contributed by atoms with Crippen molar-refractivity contribution < 1.29 is 14.3 Å². The number of anilines is 1. The van der Waals surface area contributed by atoms with Crippen molar-refractivity contribution in [3.05, 3.63) is 23.3 Å². The highest BCUT2D eigenvalue weighted by Crippen LogP contribution is 2.40. The van der Waals surface area contributed by atoms with Gasteiger partial charge in [-0.15, -0.1) is 0 Å². The monoisotopic (exact) mass is 318 g/mol. The van der Waals surface area contributed by atoms with Crippen LogP contribution in [0.2, 0.25) is 0 Å². The van der Waals surface area contributed by atoms with E-state index in [2.05, 4.69) is 22.3 Å². The van der Waals surface area contributed by atoms with Crippen LogP contribution in [0.4, 0.5) is 10.5 Å². The third-order valence-corrected chi connectivity index (χ3v) is 4.16. The van der Waals surface area contributed by atoms with Crippen LogP contribution in [0, 0.1) is 0 Å². The molecule has 1 atom stereocenters. The number of carbonyl (C=O) groups excluding carboxylic acids is 1. The molecule has 0 saturated heterocycles. The summed E-state index contributed by atoms with van der Waals surface area (Å²) in [5, 5.41) is 2.93. The molecular formula is C18H26N2O3. The topological polar surface area (TPSA) is 50.8 Å². The summed E-state index contributed by atoms with van der Waals surface area (Å²) >= 11 is 0. The zero-order valence-electron chi connectivity index (χ0n) is 14.4. The highest BCUT2D eigenvalue weighted by molar-refractivity contribution is 5.70. The molecule has 0 aromatic heterocycles. The van der Waals surface area contributed by atoms with Gasteiger partial charge in [-0.1, -0.05) is 6.07 Å². The van der Waals surface area contributed by atoms with Crippen molar-refractivity contribution in [3.8, 4) is 5.75 Å². The Morgan fingerprint density at radius 3 is 2.91 bits per heavy atom. The standard InChI is InChI=1S/C18H26N2O3/c1-12(19-17(21)23-18(2,3)4)11-20-9-7-13-5-6-15-14(16(13)20)8-10-22-15/h5-6,12H,7-11H2,1-4H3,(H,19,21). The maximum absolute atomic E-state index is 11.9. The van der Waals surface area contributed by atoms with E-state index >= 15 is 0 Å². The van der Waals surface area contributed by atoms with Gasteiger partial charge in [0.2, 0.25) is 0 Å². The van der Waals surface area contributed by atoms with Crippen LogP contribution in [-0.4, -0.2) is 37.4 Å². The molecule has 1 N–H and O–H groups in total. The van der Waals surface area contributed by atoms with Gasteiger partial charge in [-0.2, -0.15) is 0 Å². The van der Waals surface area contributed by atoms with E-state index in [4.69, 9.17) is 9.47 Å². The van der Waals surface area contributed by atoms with E-state index in [-0.39, 0.29) is 12.1 Å². The highest BCUT2D eigenvalue weighted by atomic mass is 16.6. The van der Waals surface area contributed by atoms with Crippen LogP contribution in [0.1, 0.15) is 38.8 Å². The Labute approximate surface area is 137 Å². The number of nitrogens with one attached hydrogen (secondary N) is 1. The van der Waals surface area contributed by atoms with Gasteiger partial charge in [-0.3, -0.25) is 0 Å². The van der Waals surface area contributed by atoms with Crippen LogP contribution in [0.3, 0.4) is 0 Å². The van der Waals surface area contributed by atoms with Gasteiger partial charge in [-0.05, 0) is 45.7 Å². The number of hydrogen-bond acceptors (Lipinski definition) is 4. The van der Waals surface area contributed by atoms with Crippen LogP contribution in [0.15, 0.2) is 12.1 Å². The first kappa shape index (κ1) is 16.0. The first-order chi connectivity index (χ1) is 10.8. The zero-order chi connectivity index (χ0) is 16.6. The Balaban J connectivity index is 1.65. The Hall–Kier alpha value is -1.91. The molecule has 0 radical (unpaired) electrons. The second-order valence-electron chi connectivity index (χ2n) is 7.39. The molecule has 0 fully saturated rings. The Bertz CT molecular complexity index is 607. The Morgan fingerprint density at radius 1 is 1.39 bits per heavy atom. The van der Waals surface area contributed by atoms with Crippen LogP contribution < -0.4 is 15.0 Å². The number of nitrogens with zero attached hydrogens (tertiary/aromatic N) is 1. The summed E-state index contributed by atoms with van der Waals surface area (Å²) in [6.07, 6.45) is 1.68. The van der Waals surface area contributed by atoms with Crippen molar-refractivity contribution in [1.29, 1.82) is 0 Å². The molecule has 5 heteroatoms. The van der Waals surface area contributed by atoms with Gasteiger partial charge in [0.15, 0.2) is 0 Å². The van der Waals surface area contributed by atoms with Crippen molar-refractivity contribution in [2.75, 3.05) is 24.6 Å². The van der Waals surface area contributed by atoms with E-state index in [1.54, 1.807) is 0 Å². The second kappa shape index (κ2) is 5.95. The van der Waals surface area contributed by atoms with Gasteiger partial charge in [0.1, 0.15) is 11.4 Å². The smallest absolute Gasteiger partial charge is 0.407 e. The minimum atomic E-state index is -0.470. The van der Waals surface area contributed by atoms with Gasteiger partial charge >= 0.3 is 6.09 Å². The summed E-state index contributed by atoms with van der Waals surface area (Å²) in [4.78, 5) is 14.3.